The average molecular weight is 406 g/mol. The third kappa shape index (κ3) is 4.35. The van der Waals surface area contributed by atoms with Gasteiger partial charge in [0.15, 0.2) is 5.65 Å². The largest absolute Gasteiger partial charge is 0.497 e. The minimum absolute atomic E-state index is 0.0430. The Morgan fingerprint density at radius 1 is 1.20 bits per heavy atom. The molecule has 0 radical (unpaired) electrons. The van der Waals surface area contributed by atoms with Crippen LogP contribution >= 0.6 is 0 Å². The predicted molar refractivity (Wildman–Crippen MR) is 117 cm³/mol. The highest BCUT2D eigenvalue weighted by atomic mass is 16.5. The molecule has 1 aliphatic heterocycles. The molecule has 1 aromatic carbocycles. The highest BCUT2D eigenvalue weighted by Crippen LogP contribution is 2.25. The first-order chi connectivity index (χ1) is 14.5. The molecule has 0 saturated carbocycles. The van der Waals surface area contributed by atoms with Crippen LogP contribution in [-0.4, -0.2) is 41.1 Å². The Kier molecular flexibility index (Phi) is 5.79. The van der Waals surface area contributed by atoms with Gasteiger partial charge in [0.05, 0.1) is 36.3 Å². The zero-order valence-electron chi connectivity index (χ0n) is 17.7. The van der Waals surface area contributed by atoms with Crippen molar-refractivity contribution in [2.24, 2.45) is 5.92 Å². The van der Waals surface area contributed by atoms with Crippen molar-refractivity contribution in [3.05, 3.63) is 53.5 Å². The van der Waals surface area contributed by atoms with Crippen LogP contribution in [0.3, 0.4) is 0 Å². The first-order valence-electron chi connectivity index (χ1n) is 10.3. The minimum atomic E-state index is -0.0430. The van der Waals surface area contributed by atoms with E-state index in [-0.39, 0.29) is 11.8 Å². The van der Waals surface area contributed by atoms with Crippen LogP contribution in [0.5, 0.6) is 5.75 Å². The van der Waals surface area contributed by atoms with Gasteiger partial charge in [-0.15, -0.1) is 0 Å². The highest BCUT2D eigenvalue weighted by Gasteiger charge is 2.26. The number of hydrogen-bond acceptors (Lipinski definition) is 6. The van der Waals surface area contributed by atoms with E-state index in [1.807, 2.05) is 50.4 Å². The van der Waals surface area contributed by atoms with Crippen molar-refractivity contribution in [3.63, 3.8) is 0 Å². The lowest BCUT2D eigenvalue weighted by molar-refractivity contribution is -0.125. The van der Waals surface area contributed by atoms with Crippen molar-refractivity contribution in [3.8, 4) is 5.75 Å². The maximum absolute atomic E-state index is 12.8. The molecular weight excluding hydrogens is 378 g/mol. The van der Waals surface area contributed by atoms with E-state index in [0.717, 1.165) is 53.3 Å². The number of amides is 1. The number of ether oxygens (including phenoxy) is 1. The maximum Gasteiger partial charge on any atom is 0.225 e. The molecule has 1 saturated heterocycles. The Hall–Kier alpha value is -3.22. The molecule has 3 heterocycles. The summed E-state index contributed by atoms with van der Waals surface area (Å²) >= 11 is 0. The number of anilines is 1. The molecule has 0 bridgehead atoms. The summed E-state index contributed by atoms with van der Waals surface area (Å²) in [5.74, 6) is 0.862. The standard InChI is InChI=1S/C23H27N5O2/c1-15-16(2)27-22-21(26-15)11-19(13-24-22)28-10-4-5-18(14-28)23(29)25-12-17-6-8-20(30-3)9-7-17/h6-9,11,13,18H,4-5,10,12,14H2,1-3H3,(H,25,29)/t18-/m0/s1. The molecule has 4 rings (SSSR count). The first kappa shape index (κ1) is 20.1. The van der Waals surface area contributed by atoms with Crippen molar-refractivity contribution in [2.75, 3.05) is 25.1 Å². The summed E-state index contributed by atoms with van der Waals surface area (Å²) in [6.45, 7) is 6.01. The molecule has 1 amide bonds. The summed E-state index contributed by atoms with van der Waals surface area (Å²) in [6, 6.07) is 9.78. The smallest absolute Gasteiger partial charge is 0.225 e. The number of carbonyl (C=O) groups is 1. The fraction of sp³-hybridized carbons (Fsp3) is 0.391. The Labute approximate surface area is 176 Å². The van der Waals surface area contributed by atoms with E-state index >= 15 is 0 Å². The number of hydrogen-bond donors (Lipinski definition) is 1. The molecule has 1 atom stereocenters. The second-order valence-corrected chi connectivity index (χ2v) is 7.78. The van der Waals surface area contributed by atoms with Gasteiger partial charge in [0.1, 0.15) is 11.3 Å². The van der Waals surface area contributed by atoms with Crippen molar-refractivity contribution in [1.29, 1.82) is 0 Å². The van der Waals surface area contributed by atoms with Crippen LogP contribution in [-0.2, 0) is 11.3 Å². The van der Waals surface area contributed by atoms with Crippen molar-refractivity contribution in [1.82, 2.24) is 20.3 Å². The normalized spacial score (nSPS) is 16.5. The van der Waals surface area contributed by atoms with Crippen LogP contribution in [0.15, 0.2) is 36.5 Å². The van der Waals surface area contributed by atoms with E-state index in [9.17, 15) is 4.79 Å². The molecule has 7 nitrogen and oxygen atoms in total. The summed E-state index contributed by atoms with van der Waals surface area (Å²) in [7, 11) is 1.64. The fourth-order valence-corrected chi connectivity index (χ4v) is 3.78. The molecule has 30 heavy (non-hydrogen) atoms. The van der Waals surface area contributed by atoms with Gasteiger partial charge in [0, 0.05) is 19.6 Å². The zero-order valence-corrected chi connectivity index (χ0v) is 17.7. The van der Waals surface area contributed by atoms with Crippen LogP contribution in [0.4, 0.5) is 5.69 Å². The number of benzene rings is 1. The number of carbonyl (C=O) groups excluding carboxylic acids is 1. The molecule has 3 aromatic rings. The highest BCUT2D eigenvalue weighted by molar-refractivity contribution is 5.80. The van der Waals surface area contributed by atoms with Gasteiger partial charge in [-0.3, -0.25) is 4.79 Å². The van der Waals surface area contributed by atoms with Crippen LogP contribution < -0.4 is 15.0 Å². The van der Waals surface area contributed by atoms with Crippen LogP contribution in [0.2, 0.25) is 0 Å². The Morgan fingerprint density at radius 3 is 2.73 bits per heavy atom. The van der Waals surface area contributed by atoms with Gasteiger partial charge in [-0.05, 0) is 50.5 Å². The van der Waals surface area contributed by atoms with Gasteiger partial charge in [0.2, 0.25) is 5.91 Å². The molecule has 0 unspecified atom stereocenters. The summed E-state index contributed by atoms with van der Waals surface area (Å²) in [4.78, 5) is 28.6. The lowest BCUT2D eigenvalue weighted by Gasteiger charge is -2.33. The fourth-order valence-electron chi connectivity index (χ4n) is 3.78. The summed E-state index contributed by atoms with van der Waals surface area (Å²) in [6.07, 6.45) is 3.70. The molecule has 0 spiro atoms. The van der Waals surface area contributed by atoms with Crippen LogP contribution in [0.25, 0.3) is 11.2 Å². The number of rotatable bonds is 5. The molecule has 1 N–H and O–H groups in total. The molecule has 7 heteroatoms. The molecule has 0 aliphatic carbocycles. The number of methoxy groups -OCH3 is 1. The first-order valence-corrected chi connectivity index (χ1v) is 10.3. The van der Waals surface area contributed by atoms with Crippen LogP contribution in [0, 0.1) is 19.8 Å². The number of piperidine rings is 1. The van der Waals surface area contributed by atoms with Crippen molar-refractivity contribution >= 4 is 22.8 Å². The van der Waals surface area contributed by atoms with Gasteiger partial charge in [0.25, 0.3) is 0 Å². The van der Waals surface area contributed by atoms with Gasteiger partial charge < -0.3 is 15.0 Å². The molecular formula is C23H27N5O2. The lowest BCUT2D eigenvalue weighted by atomic mass is 9.96. The molecule has 2 aromatic heterocycles. The molecule has 1 fully saturated rings. The van der Waals surface area contributed by atoms with Gasteiger partial charge >= 0.3 is 0 Å². The Balaban J connectivity index is 1.41. The minimum Gasteiger partial charge on any atom is -0.497 e. The average Bonchev–Trinajstić information content (AvgIpc) is 2.78. The quantitative estimate of drug-likeness (QED) is 0.702. The Bertz CT molecular complexity index is 1050. The number of pyridine rings is 1. The zero-order chi connectivity index (χ0) is 21.1. The summed E-state index contributed by atoms with van der Waals surface area (Å²) in [5, 5.41) is 3.08. The molecule has 156 valence electrons. The van der Waals surface area contributed by atoms with Crippen LogP contribution in [0.1, 0.15) is 29.8 Å². The van der Waals surface area contributed by atoms with Gasteiger partial charge in [-0.2, -0.15) is 0 Å². The second kappa shape index (κ2) is 8.65. The maximum atomic E-state index is 12.8. The van der Waals surface area contributed by atoms with Gasteiger partial charge in [-0.1, -0.05) is 12.1 Å². The lowest BCUT2D eigenvalue weighted by Crippen LogP contribution is -2.43. The van der Waals surface area contributed by atoms with Crippen molar-refractivity contribution in [2.45, 2.75) is 33.2 Å². The van der Waals surface area contributed by atoms with E-state index in [0.29, 0.717) is 18.7 Å². The van der Waals surface area contributed by atoms with Crippen molar-refractivity contribution < 1.29 is 9.53 Å². The topological polar surface area (TPSA) is 80.2 Å². The summed E-state index contributed by atoms with van der Waals surface area (Å²) < 4.78 is 5.18. The number of fused-ring (bicyclic) bond motifs is 1. The summed E-state index contributed by atoms with van der Waals surface area (Å²) in [5.41, 5.74) is 5.31. The third-order valence-electron chi connectivity index (χ3n) is 5.70. The monoisotopic (exact) mass is 405 g/mol. The van der Waals surface area contributed by atoms with E-state index in [1.54, 1.807) is 7.11 Å². The van der Waals surface area contributed by atoms with Gasteiger partial charge in [-0.25, -0.2) is 15.0 Å². The predicted octanol–water partition coefficient (Wildman–Crippen LogP) is 3.18. The van der Waals surface area contributed by atoms with E-state index in [1.165, 1.54) is 0 Å². The van der Waals surface area contributed by atoms with E-state index < -0.39 is 0 Å². The third-order valence-corrected chi connectivity index (χ3v) is 5.70. The molecule has 1 aliphatic rings. The van der Waals surface area contributed by atoms with E-state index in [4.69, 9.17) is 4.74 Å². The number of aryl methyl sites for hydroxylation is 2. The number of nitrogens with one attached hydrogen (secondary N) is 1. The van der Waals surface area contributed by atoms with E-state index in [2.05, 4.69) is 25.2 Å². The SMILES string of the molecule is COc1ccc(CNC(=O)[C@H]2CCCN(c3cnc4nc(C)c(C)nc4c3)C2)cc1. The number of nitrogens with zero attached hydrogens (tertiary/aromatic N) is 4. The number of aromatic nitrogens is 3. The Morgan fingerprint density at radius 2 is 1.97 bits per heavy atom. The second-order valence-electron chi connectivity index (χ2n) is 7.78.